The number of aromatic nitrogens is 3. The summed E-state index contributed by atoms with van der Waals surface area (Å²) in [6, 6.07) is 55.2. The molecule has 9 aromatic rings. The van der Waals surface area contributed by atoms with Gasteiger partial charge in [0, 0.05) is 51.1 Å². The third-order valence-corrected chi connectivity index (χ3v) is 13.4. The van der Waals surface area contributed by atoms with Crippen LogP contribution in [-0.4, -0.2) is 27.6 Å². The molecule has 1 atom stereocenters. The van der Waals surface area contributed by atoms with E-state index in [0.717, 1.165) is 58.3 Å². The molecule has 3 aromatic heterocycles. The average molecular weight is 764 g/mol. The standard InChI is InChI=1S/C52H37N5S/c1-3-13-36(14-4-1)49-50-44(32-48(58-50)35-25-28-53-29-26-35)54-51(55-49)56-33-52(27-11-15-34-12-7-9-19-42(34)52)43-30-37(22-24-46(43)56)38-21-23-41-40-18-8-10-20-45(40)57(47(41)31-38)39-16-5-2-6-17-39/h1-26,28,30-32,53H,27,29,33H2. The number of nitrogens with zero attached hydrogens (tertiary/aromatic N) is 4. The van der Waals surface area contributed by atoms with Crippen molar-refractivity contribution in [1.29, 1.82) is 0 Å². The molecule has 5 heterocycles. The molecule has 1 spiro atoms. The van der Waals surface area contributed by atoms with Crippen molar-refractivity contribution >= 4 is 66.6 Å². The van der Waals surface area contributed by atoms with Crippen LogP contribution in [0.1, 0.15) is 28.0 Å². The highest BCUT2D eigenvalue weighted by Gasteiger charge is 2.47. The lowest BCUT2D eigenvalue weighted by molar-refractivity contribution is 0.554. The summed E-state index contributed by atoms with van der Waals surface area (Å²) in [6.07, 6.45) is 12.0. The first kappa shape index (κ1) is 33.2. The number of para-hydroxylation sites is 2. The Morgan fingerprint density at radius 2 is 1.41 bits per heavy atom. The first-order valence-corrected chi connectivity index (χ1v) is 20.8. The van der Waals surface area contributed by atoms with E-state index in [0.29, 0.717) is 0 Å². The number of dihydropyridines is 1. The Balaban J connectivity index is 1.05. The fraction of sp³-hybridized carbons (Fsp3) is 0.0769. The van der Waals surface area contributed by atoms with Gasteiger partial charge in [0.1, 0.15) is 0 Å². The van der Waals surface area contributed by atoms with E-state index in [1.165, 1.54) is 60.1 Å². The van der Waals surface area contributed by atoms with Gasteiger partial charge in [0.15, 0.2) is 0 Å². The molecule has 1 unspecified atom stereocenters. The van der Waals surface area contributed by atoms with Crippen molar-refractivity contribution in [3.05, 3.63) is 198 Å². The molecule has 276 valence electrons. The van der Waals surface area contributed by atoms with E-state index in [4.69, 9.17) is 9.97 Å². The molecule has 58 heavy (non-hydrogen) atoms. The lowest BCUT2D eigenvalue weighted by atomic mass is 9.69. The smallest absolute Gasteiger partial charge is 0.231 e. The monoisotopic (exact) mass is 763 g/mol. The van der Waals surface area contributed by atoms with Crippen molar-refractivity contribution in [1.82, 2.24) is 19.9 Å². The Kier molecular flexibility index (Phi) is 7.44. The highest BCUT2D eigenvalue weighted by molar-refractivity contribution is 7.20. The number of thiophene rings is 1. The van der Waals surface area contributed by atoms with Crippen LogP contribution in [0, 0.1) is 0 Å². The largest absolute Gasteiger partial charge is 0.387 e. The summed E-state index contributed by atoms with van der Waals surface area (Å²) in [5, 5.41) is 5.80. The second-order valence-electron chi connectivity index (χ2n) is 15.5. The minimum Gasteiger partial charge on any atom is -0.387 e. The Morgan fingerprint density at radius 1 is 0.638 bits per heavy atom. The topological polar surface area (TPSA) is 46.0 Å². The molecule has 1 aliphatic carbocycles. The van der Waals surface area contributed by atoms with Gasteiger partial charge >= 0.3 is 0 Å². The number of allylic oxidation sites excluding steroid dienone is 3. The summed E-state index contributed by atoms with van der Waals surface area (Å²) in [7, 11) is 0. The maximum absolute atomic E-state index is 5.47. The lowest BCUT2D eigenvalue weighted by Crippen LogP contribution is -2.35. The number of hydrogen-bond donors (Lipinski definition) is 1. The van der Waals surface area contributed by atoms with E-state index >= 15 is 0 Å². The number of fused-ring (bicyclic) bond motifs is 8. The number of benzene rings is 6. The third-order valence-electron chi connectivity index (χ3n) is 12.2. The van der Waals surface area contributed by atoms with Crippen LogP contribution >= 0.6 is 11.3 Å². The van der Waals surface area contributed by atoms with Crippen LogP contribution in [0.15, 0.2) is 176 Å². The molecule has 0 saturated heterocycles. The quantitative estimate of drug-likeness (QED) is 0.190. The molecular formula is C52H37N5S. The van der Waals surface area contributed by atoms with Gasteiger partial charge in [0.2, 0.25) is 5.95 Å². The van der Waals surface area contributed by atoms with E-state index in [1.54, 1.807) is 11.3 Å². The van der Waals surface area contributed by atoms with Crippen molar-refractivity contribution in [3.8, 4) is 28.1 Å². The number of rotatable bonds is 5. The summed E-state index contributed by atoms with van der Waals surface area (Å²) in [4.78, 5) is 14.5. The summed E-state index contributed by atoms with van der Waals surface area (Å²) < 4.78 is 3.51. The molecule has 5 nitrogen and oxygen atoms in total. The van der Waals surface area contributed by atoms with Gasteiger partial charge in [-0.05, 0) is 94.6 Å². The fourth-order valence-electron chi connectivity index (χ4n) is 9.55. The van der Waals surface area contributed by atoms with Crippen LogP contribution in [0.5, 0.6) is 0 Å². The van der Waals surface area contributed by atoms with Gasteiger partial charge in [-0.3, -0.25) is 0 Å². The first-order valence-electron chi connectivity index (χ1n) is 20.0. The molecule has 12 rings (SSSR count). The van der Waals surface area contributed by atoms with Gasteiger partial charge in [-0.2, -0.15) is 0 Å². The molecule has 2 aliphatic heterocycles. The van der Waals surface area contributed by atoms with Crippen LogP contribution in [0.2, 0.25) is 0 Å². The van der Waals surface area contributed by atoms with Gasteiger partial charge < -0.3 is 14.8 Å². The Bertz CT molecular complexity index is 3190. The van der Waals surface area contributed by atoms with Crippen molar-refractivity contribution < 1.29 is 0 Å². The van der Waals surface area contributed by atoms with Crippen molar-refractivity contribution in [2.24, 2.45) is 0 Å². The number of anilines is 2. The summed E-state index contributed by atoms with van der Waals surface area (Å²) >= 11 is 1.77. The maximum atomic E-state index is 5.47. The van der Waals surface area contributed by atoms with Crippen molar-refractivity contribution in [3.63, 3.8) is 0 Å². The predicted molar refractivity (Wildman–Crippen MR) is 242 cm³/mol. The van der Waals surface area contributed by atoms with Gasteiger partial charge in [-0.1, -0.05) is 127 Å². The molecule has 0 fully saturated rings. The minimum atomic E-state index is -0.282. The normalized spacial score (nSPS) is 16.9. The summed E-state index contributed by atoms with van der Waals surface area (Å²) in [5.74, 6) is 0.734. The van der Waals surface area contributed by atoms with Crippen LogP contribution in [0.4, 0.5) is 11.6 Å². The highest BCUT2D eigenvalue weighted by atomic mass is 32.1. The van der Waals surface area contributed by atoms with Crippen LogP contribution in [0.25, 0.3) is 71.7 Å². The predicted octanol–water partition coefficient (Wildman–Crippen LogP) is 12.5. The van der Waals surface area contributed by atoms with E-state index in [-0.39, 0.29) is 5.41 Å². The van der Waals surface area contributed by atoms with E-state index in [9.17, 15) is 0 Å². The summed E-state index contributed by atoms with van der Waals surface area (Å²) in [6.45, 7) is 1.56. The highest BCUT2D eigenvalue weighted by Crippen LogP contribution is 2.53. The SMILES string of the molecule is C1=Cc2ccccc2C2(C1)CN(c1nc(-c3ccccc3)c3sc(C4=CCNC=C4)cc3n1)c1ccc(-c3ccc4c5ccccc5n(-c5ccccc5)c4c3)cc12. The Morgan fingerprint density at radius 3 is 2.29 bits per heavy atom. The zero-order valence-electron chi connectivity index (χ0n) is 31.6. The average Bonchev–Trinajstić information content (AvgIpc) is 3.98. The van der Waals surface area contributed by atoms with Gasteiger partial charge in [0.05, 0.1) is 26.9 Å². The Hall–Kier alpha value is -7.02. The molecule has 0 saturated carbocycles. The van der Waals surface area contributed by atoms with Crippen LogP contribution < -0.4 is 10.2 Å². The molecule has 1 N–H and O–H groups in total. The molecule has 0 bridgehead atoms. The number of hydrogen-bond acceptors (Lipinski definition) is 5. The van der Waals surface area contributed by atoms with Gasteiger partial charge in [-0.25, -0.2) is 9.97 Å². The number of nitrogens with one attached hydrogen (secondary N) is 1. The molecule has 3 aliphatic rings. The van der Waals surface area contributed by atoms with E-state index < -0.39 is 0 Å². The lowest BCUT2D eigenvalue weighted by Gasteiger charge is -2.34. The second-order valence-corrected chi connectivity index (χ2v) is 16.5. The molecule has 0 amide bonds. The fourth-order valence-corrected chi connectivity index (χ4v) is 10.7. The zero-order valence-corrected chi connectivity index (χ0v) is 32.5. The Labute approximate surface area is 340 Å². The minimum absolute atomic E-state index is 0.282. The van der Waals surface area contributed by atoms with Gasteiger partial charge in [0.25, 0.3) is 0 Å². The molecular weight excluding hydrogens is 727 g/mol. The first-order chi connectivity index (χ1) is 28.7. The van der Waals surface area contributed by atoms with E-state index in [2.05, 4.69) is 191 Å². The third kappa shape index (κ3) is 5.08. The summed E-state index contributed by atoms with van der Waals surface area (Å²) in [5.41, 5.74) is 15.0. The molecule has 6 heteroatoms. The maximum Gasteiger partial charge on any atom is 0.231 e. The van der Waals surface area contributed by atoms with Crippen molar-refractivity contribution in [2.75, 3.05) is 18.0 Å². The van der Waals surface area contributed by atoms with Gasteiger partial charge in [-0.15, -0.1) is 11.3 Å². The second kappa shape index (κ2) is 13.0. The van der Waals surface area contributed by atoms with Crippen molar-refractivity contribution in [2.45, 2.75) is 11.8 Å². The van der Waals surface area contributed by atoms with Crippen LogP contribution in [0.3, 0.4) is 0 Å². The molecule has 6 aromatic carbocycles. The van der Waals surface area contributed by atoms with Crippen LogP contribution in [-0.2, 0) is 5.41 Å². The zero-order chi connectivity index (χ0) is 38.2. The van der Waals surface area contributed by atoms with E-state index in [1.807, 2.05) is 6.20 Å². The molecule has 0 radical (unpaired) electrons.